The predicted octanol–water partition coefficient (Wildman–Crippen LogP) is 3.54. The Hall–Kier alpha value is -3.02. The van der Waals surface area contributed by atoms with Gasteiger partial charge in [-0.3, -0.25) is 9.59 Å². The average molecular weight is 410 g/mol. The maximum atomic E-state index is 13.0. The molecule has 1 heterocycles. The summed E-state index contributed by atoms with van der Waals surface area (Å²) in [5.74, 6) is 0.368. The van der Waals surface area contributed by atoms with Crippen LogP contribution >= 0.6 is 0 Å². The van der Waals surface area contributed by atoms with Crippen LogP contribution in [-0.4, -0.2) is 37.6 Å². The molecule has 0 radical (unpaired) electrons. The zero-order chi connectivity index (χ0) is 21.5. The molecule has 0 spiro atoms. The Morgan fingerprint density at radius 1 is 1.03 bits per heavy atom. The lowest BCUT2D eigenvalue weighted by atomic mass is 10.0. The molecule has 2 N–H and O–H groups in total. The van der Waals surface area contributed by atoms with E-state index in [1.165, 1.54) is 0 Å². The van der Waals surface area contributed by atoms with Crippen molar-refractivity contribution in [1.29, 1.82) is 0 Å². The number of hydrogen-bond donors (Lipinski definition) is 2. The van der Waals surface area contributed by atoms with Crippen LogP contribution in [0.3, 0.4) is 0 Å². The monoisotopic (exact) mass is 409 g/mol. The van der Waals surface area contributed by atoms with Gasteiger partial charge in [-0.2, -0.15) is 0 Å². The number of nitrogens with one attached hydrogen (secondary N) is 2. The van der Waals surface area contributed by atoms with Crippen LogP contribution in [0.1, 0.15) is 38.3 Å². The predicted molar refractivity (Wildman–Crippen MR) is 120 cm³/mol. The van der Waals surface area contributed by atoms with E-state index < -0.39 is 6.10 Å². The molecule has 1 atom stereocenters. The highest BCUT2D eigenvalue weighted by Crippen LogP contribution is 2.33. The largest absolute Gasteiger partial charge is 0.477 e. The number of carbonyl (C=O) groups is 2. The number of hydrogen-bond acceptors (Lipinski definition) is 4. The molecule has 6 heteroatoms. The second kappa shape index (κ2) is 10.1. The van der Waals surface area contributed by atoms with Gasteiger partial charge in [0.2, 0.25) is 5.91 Å². The Kier molecular flexibility index (Phi) is 7.33. The van der Waals surface area contributed by atoms with E-state index >= 15 is 0 Å². The Morgan fingerprint density at radius 2 is 1.73 bits per heavy atom. The van der Waals surface area contributed by atoms with Crippen LogP contribution in [0.15, 0.2) is 42.5 Å². The Balaban J connectivity index is 1.78. The number of carbonyl (C=O) groups excluding carboxylic acids is 2. The molecule has 160 valence electrons. The Morgan fingerprint density at radius 3 is 2.40 bits per heavy atom. The average Bonchev–Trinajstić information content (AvgIpc) is 2.77. The number of nitrogens with zero attached hydrogens (tertiary/aromatic N) is 1. The summed E-state index contributed by atoms with van der Waals surface area (Å²) >= 11 is 0. The SMILES string of the molecule is CCCNC(=O)[C@H]1CN(CC(=O)Nc2c(CC)cccc2CC)c2ccccc2O1. The molecule has 2 aromatic rings. The van der Waals surface area contributed by atoms with Crippen LogP contribution in [0.2, 0.25) is 0 Å². The van der Waals surface area contributed by atoms with Gasteiger partial charge in [0.15, 0.2) is 6.10 Å². The lowest BCUT2D eigenvalue weighted by Gasteiger charge is -2.35. The summed E-state index contributed by atoms with van der Waals surface area (Å²) in [5.41, 5.74) is 3.99. The minimum absolute atomic E-state index is 0.102. The zero-order valence-corrected chi connectivity index (χ0v) is 18.0. The van der Waals surface area contributed by atoms with Crippen molar-refractivity contribution in [3.63, 3.8) is 0 Å². The Labute approximate surface area is 178 Å². The second-order valence-corrected chi connectivity index (χ2v) is 7.45. The smallest absolute Gasteiger partial charge is 0.262 e. The number of para-hydroxylation sites is 3. The third-order valence-corrected chi connectivity index (χ3v) is 5.30. The summed E-state index contributed by atoms with van der Waals surface area (Å²) in [4.78, 5) is 27.4. The number of aryl methyl sites for hydroxylation is 2. The van der Waals surface area contributed by atoms with Gasteiger partial charge < -0.3 is 20.3 Å². The molecule has 1 aliphatic heterocycles. The molecule has 1 aliphatic rings. The molecular formula is C24H31N3O3. The molecule has 3 rings (SSSR count). The van der Waals surface area contributed by atoms with Crippen molar-refractivity contribution in [2.24, 2.45) is 0 Å². The molecular weight excluding hydrogens is 378 g/mol. The van der Waals surface area contributed by atoms with Gasteiger partial charge in [0.25, 0.3) is 5.91 Å². The highest BCUT2D eigenvalue weighted by Gasteiger charge is 2.31. The van der Waals surface area contributed by atoms with Crippen molar-refractivity contribution < 1.29 is 14.3 Å². The van der Waals surface area contributed by atoms with Gasteiger partial charge in [0, 0.05) is 12.2 Å². The fourth-order valence-electron chi connectivity index (χ4n) is 3.71. The number of ether oxygens (including phenoxy) is 1. The second-order valence-electron chi connectivity index (χ2n) is 7.45. The highest BCUT2D eigenvalue weighted by atomic mass is 16.5. The number of anilines is 2. The van der Waals surface area contributed by atoms with E-state index in [9.17, 15) is 9.59 Å². The van der Waals surface area contributed by atoms with E-state index in [1.54, 1.807) is 0 Å². The van der Waals surface area contributed by atoms with Gasteiger partial charge in [-0.1, -0.05) is 51.1 Å². The first kappa shape index (κ1) is 21.7. The van der Waals surface area contributed by atoms with Crippen LogP contribution < -0.4 is 20.3 Å². The summed E-state index contributed by atoms with van der Waals surface area (Å²) in [6, 6.07) is 13.7. The zero-order valence-electron chi connectivity index (χ0n) is 18.0. The fraction of sp³-hybridized carbons (Fsp3) is 0.417. The maximum absolute atomic E-state index is 13.0. The summed E-state index contributed by atoms with van der Waals surface area (Å²) in [5, 5.41) is 6.00. The molecule has 0 saturated carbocycles. The van der Waals surface area contributed by atoms with Crippen molar-refractivity contribution in [1.82, 2.24) is 5.32 Å². The molecule has 0 fully saturated rings. The lowest BCUT2D eigenvalue weighted by molar-refractivity contribution is -0.128. The van der Waals surface area contributed by atoms with Crippen LogP contribution in [-0.2, 0) is 22.4 Å². The van der Waals surface area contributed by atoms with Gasteiger partial charge in [0.05, 0.1) is 18.8 Å². The van der Waals surface area contributed by atoms with Crippen molar-refractivity contribution >= 4 is 23.2 Å². The van der Waals surface area contributed by atoms with E-state index in [-0.39, 0.29) is 18.4 Å². The van der Waals surface area contributed by atoms with E-state index in [4.69, 9.17) is 4.74 Å². The minimum Gasteiger partial charge on any atom is -0.477 e. The van der Waals surface area contributed by atoms with E-state index in [0.29, 0.717) is 18.8 Å². The van der Waals surface area contributed by atoms with Gasteiger partial charge in [0.1, 0.15) is 5.75 Å². The maximum Gasteiger partial charge on any atom is 0.262 e. The van der Waals surface area contributed by atoms with Crippen LogP contribution in [0.25, 0.3) is 0 Å². The van der Waals surface area contributed by atoms with Gasteiger partial charge in [-0.25, -0.2) is 0 Å². The fourth-order valence-corrected chi connectivity index (χ4v) is 3.71. The summed E-state index contributed by atoms with van der Waals surface area (Å²) in [7, 11) is 0. The third kappa shape index (κ3) is 4.93. The van der Waals surface area contributed by atoms with E-state index in [1.807, 2.05) is 54.3 Å². The molecule has 0 bridgehead atoms. The molecule has 2 amide bonds. The lowest BCUT2D eigenvalue weighted by Crippen LogP contribution is -2.50. The molecule has 6 nitrogen and oxygen atoms in total. The molecule has 30 heavy (non-hydrogen) atoms. The summed E-state index contributed by atoms with van der Waals surface area (Å²) in [6.45, 7) is 7.26. The van der Waals surface area contributed by atoms with Gasteiger partial charge in [-0.05, 0) is 42.5 Å². The molecule has 0 unspecified atom stereocenters. The van der Waals surface area contributed by atoms with Crippen molar-refractivity contribution in [2.45, 2.75) is 46.1 Å². The number of fused-ring (bicyclic) bond motifs is 1. The van der Waals surface area contributed by atoms with Crippen LogP contribution in [0.5, 0.6) is 5.75 Å². The first-order valence-electron chi connectivity index (χ1n) is 10.8. The van der Waals surface area contributed by atoms with Crippen LogP contribution in [0.4, 0.5) is 11.4 Å². The molecule has 0 saturated heterocycles. The number of amides is 2. The van der Waals surface area contributed by atoms with Crippen molar-refractivity contribution in [3.8, 4) is 5.75 Å². The van der Waals surface area contributed by atoms with Crippen LogP contribution in [0, 0.1) is 0 Å². The van der Waals surface area contributed by atoms with E-state index in [2.05, 4.69) is 24.5 Å². The Bertz CT molecular complexity index is 875. The number of rotatable bonds is 8. The van der Waals surface area contributed by atoms with Crippen molar-refractivity contribution in [3.05, 3.63) is 53.6 Å². The first-order valence-corrected chi connectivity index (χ1v) is 10.8. The summed E-state index contributed by atoms with van der Waals surface area (Å²) < 4.78 is 5.91. The third-order valence-electron chi connectivity index (χ3n) is 5.30. The topological polar surface area (TPSA) is 70.7 Å². The molecule has 2 aromatic carbocycles. The number of benzene rings is 2. The molecule has 0 aliphatic carbocycles. The highest BCUT2D eigenvalue weighted by molar-refractivity contribution is 5.96. The molecule has 0 aromatic heterocycles. The van der Waals surface area contributed by atoms with Gasteiger partial charge in [-0.15, -0.1) is 0 Å². The van der Waals surface area contributed by atoms with E-state index in [0.717, 1.165) is 41.8 Å². The minimum atomic E-state index is -0.645. The standard InChI is InChI=1S/C24H31N3O3/c1-4-14-25-24(29)21-15-27(19-12-7-8-13-20(19)30-21)16-22(28)26-23-17(5-2)10-9-11-18(23)6-3/h7-13,21H,4-6,14-16H2,1-3H3,(H,25,29)(H,26,28)/t21-/m1/s1. The first-order chi connectivity index (χ1) is 14.6. The normalized spacial score (nSPS) is 15.2. The van der Waals surface area contributed by atoms with Crippen molar-refractivity contribution in [2.75, 3.05) is 29.9 Å². The quantitative estimate of drug-likeness (QED) is 0.700. The summed E-state index contributed by atoms with van der Waals surface area (Å²) in [6.07, 6.45) is 1.92. The van der Waals surface area contributed by atoms with Gasteiger partial charge >= 0.3 is 0 Å².